The van der Waals surface area contributed by atoms with E-state index in [1.165, 1.54) is 24.3 Å². The van der Waals surface area contributed by atoms with Gasteiger partial charge in [-0.15, -0.1) is 0 Å². The minimum atomic E-state index is -1.13. The molecule has 0 aliphatic heterocycles. The summed E-state index contributed by atoms with van der Waals surface area (Å²) in [6.45, 7) is 19.5. The molecular formula is C14H34S6Si2. The molecule has 0 bridgehead atoms. The van der Waals surface area contributed by atoms with E-state index >= 15 is 0 Å². The molecule has 0 aliphatic carbocycles. The Balaban J connectivity index is 4.28. The van der Waals surface area contributed by atoms with E-state index in [0.29, 0.717) is 0 Å². The molecule has 22 heavy (non-hydrogen) atoms. The molecule has 2 atom stereocenters. The van der Waals surface area contributed by atoms with Crippen LogP contribution in [-0.2, 0) is 0 Å². The van der Waals surface area contributed by atoms with Crippen LogP contribution in [0.1, 0.15) is 40.5 Å². The molecular weight excluding hydrogens is 417 g/mol. The zero-order valence-corrected chi connectivity index (χ0v) is 22.3. The Kier molecular flexibility index (Phi) is 14.3. The van der Waals surface area contributed by atoms with Crippen molar-refractivity contribution in [3.05, 3.63) is 0 Å². The third-order valence-electron chi connectivity index (χ3n) is 3.66. The zero-order valence-electron chi connectivity index (χ0n) is 15.4. The summed E-state index contributed by atoms with van der Waals surface area (Å²) in [6.07, 6.45) is 2.64. The van der Waals surface area contributed by atoms with Crippen molar-refractivity contribution in [3.8, 4) is 0 Å². The largest absolute Gasteiger partial charge is 0.185 e. The quantitative estimate of drug-likeness (QED) is 0.156. The van der Waals surface area contributed by atoms with Crippen LogP contribution < -0.4 is 0 Å². The van der Waals surface area contributed by atoms with Crippen molar-refractivity contribution in [2.75, 3.05) is 11.5 Å². The van der Waals surface area contributed by atoms with Crippen molar-refractivity contribution in [2.24, 2.45) is 0 Å². The minimum Gasteiger partial charge on any atom is -0.185 e. The smallest absolute Gasteiger partial charge is 0.124 e. The van der Waals surface area contributed by atoms with Gasteiger partial charge in [0.2, 0.25) is 0 Å². The molecule has 8 heteroatoms. The van der Waals surface area contributed by atoms with Gasteiger partial charge in [0.1, 0.15) is 14.4 Å². The average molecular weight is 451 g/mol. The second-order valence-electron chi connectivity index (χ2n) is 6.20. The normalized spacial score (nSPS) is 15.8. The maximum absolute atomic E-state index is 2.55. The molecule has 0 aromatic carbocycles. The summed E-state index contributed by atoms with van der Waals surface area (Å²) < 4.78 is 0. The number of hydrogen-bond acceptors (Lipinski definition) is 6. The predicted octanol–water partition coefficient (Wildman–Crippen LogP) is 8.22. The van der Waals surface area contributed by atoms with E-state index in [0.717, 1.165) is 9.75 Å². The summed E-state index contributed by atoms with van der Waals surface area (Å²) in [4.78, 5) is 1.73. The first-order valence-corrected chi connectivity index (χ1v) is 22.7. The molecule has 0 heterocycles. The van der Waals surface area contributed by atoms with Gasteiger partial charge in [-0.25, -0.2) is 0 Å². The van der Waals surface area contributed by atoms with Crippen LogP contribution in [0, 0.1) is 0 Å². The van der Waals surface area contributed by atoms with E-state index in [4.69, 9.17) is 0 Å². The van der Waals surface area contributed by atoms with Crippen molar-refractivity contribution in [3.63, 3.8) is 0 Å². The Bertz CT molecular complexity index is 261. The molecule has 0 fully saturated rings. The fraction of sp³-hybridized carbons (Fsp3) is 1.00. The van der Waals surface area contributed by atoms with E-state index < -0.39 is 14.4 Å². The van der Waals surface area contributed by atoms with Crippen LogP contribution in [0.15, 0.2) is 0 Å². The molecule has 0 rings (SSSR count). The lowest BCUT2D eigenvalue weighted by Gasteiger charge is -2.31. The molecule has 0 spiro atoms. The van der Waals surface area contributed by atoms with Crippen LogP contribution in [0.5, 0.6) is 0 Å². The third kappa shape index (κ3) is 9.29. The van der Waals surface area contributed by atoms with Crippen LogP contribution in [0.2, 0.25) is 26.2 Å². The summed E-state index contributed by atoms with van der Waals surface area (Å²) in [5, 5.41) is 0. The van der Waals surface area contributed by atoms with Gasteiger partial charge in [0.05, 0.1) is 0 Å². The molecule has 0 saturated carbocycles. The van der Waals surface area contributed by atoms with E-state index in [-0.39, 0.29) is 0 Å². The van der Waals surface area contributed by atoms with E-state index in [2.05, 4.69) is 97.9 Å². The SMILES string of the molecule is CCS[Si](C)(C)C(CC)SSSSC(CC)[Si](C)(C)SCC. The van der Waals surface area contributed by atoms with Gasteiger partial charge in [-0.2, -0.15) is 22.4 Å². The zero-order chi connectivity index (χ0) is 17.2. The Morgan fingerprint density at radius 2 is 0.955 bits per heavy atom. The van der Waals surface area contributed by atoms with Crippen molar-refractivity contribution < 1.29 is 0 Å². The monoisotopic (exact) mass is 450 g/mol. The van der Waals surface area contributed by atoms with Crippen molar-refractivity contribution >= 4 is 78.1 Å². The van der Waals surface area contributed by atoms with E-state index in [1.807, 2.05) is 19.7 Å². The standard InChI is InChI=1S/C14H34S6Si2/c1-9-13(21(5,6)15-11-3)17-19-20-18-14(10-2)22(7,8)16-12-4/h13-14H,9-12H2,1-8H3. The molecule has 0 aromatic rings. The Hall–Kier alpha value is 2.53. The van der Waals surface area contributed by atoms with Crippen LogP contribution >= 0.6 is 63.7 Å². The van der Waals surface area contributed by atoms with Crippen LogP contribution in [0.4, 0.5) is 0 Å². The van der Waals surface area contributed by atoms with Crippen LogP contribution in [-0.4, -0.2) is 35.7 Å². The topological polar surface area (TPSA) is 0 Å². The van der Waals surface area contributed by atoms with Gasteiger partial charge in [-0.05, 0) is 44.0 Å². The summed E-state index contributed by atoms with van der Waals surface area (Å²) in [7, 11) is 6.15. The maximum Gasteiger partial charge on any atom is 0.124 e. The predicted molar refractivity (Wildman–Crippen MR) is 130 cm³/mol. The lowest BCUT2D eigenvalue weighted by atomic mass is 10.6. The van der Waals surface area contributed by atoms with Crippen molar-refractivity contribution in [1.82, 2.24) is 0 Å². The summed E-state index contributed by atoms with van der Waals surface area (Å²) in [6, 6.07) is 0. The van der Waals surface area contributed by atoms with Gasteiger partial charge in [-0.1, -0.05) is 75.5 Å². The van der Waals surface area contributed by atoms with E-state index in [9.17, 15) is 0 Å². The van der Waals surface area contributed by atoms with Gasteiger partial charge in [-0.3, -0.25) is 0 Å². The maximum atomic E-state index is 2.55. The Labute approximate surface area is 164 Å². The lowest BCUT2D eigenvalue weighted by molar-refractivity contribution is 1.03. The Morgan fingerprint density at radius 3 is 1.18 bits per heavy atom. The third-order valence-corrected chi connectivity index (χ3v) is 30.5. The molecule has 0 nitrogen and oxygen atoms in total. The summed E-state index contributed by atoms with van der Waals surface area (Å²) in [5.41, 5.74) is 0. The first-order valence-electron chi connectivity index (χ1n) is 8.18. The van der Waals surface area contributed by atoms with Gasteiger partial charge in [0, 0.05) is 9.75 Å². The second kappa shape index (κ2) is 12.8. The van der Waals surface area contributed by atoms with Gasteiger partial charge in [0.25, 0.3) is 0 Å². The fourth-order valence-electron chi connectivity index (χ4n) is 2.41. The highest BCUT2D eigenvalue weighted by Gasteiger charge is 2.33. The van der Waals surface area contributed by atoms with Crippen LogP contribution in [0.3, 0.4) is 0 Å². The molecule has 134 valence electrons. The van der Waals surface area contributed by atoms with E-state index in [1.54, 1.807) is 0 Å². The minimum absolute atomic E-state index is 0.867. The molecule has 0 N–H and O–H groups in total. The molecule has 0 radical (unpaired) electrons. The first-order chi connectivity index (χ1) is 10.2. The highest BCUT2D eigenvalue weighted by Crippen LogP contribution is 2.52. The first kappa shape index (κ1) is 24.5. The molecule has 2 unspecified atom stereocenters. The molecule has 0 aromatic heterocycles. The van der Waals surface area contributed by atoms with Crippen molar-refractivity contribution in [2.45, 2.75) is 76.5 Å². The Morgan fingerprint density at radius 1 is 0.636 bits per heavy atom. The van der Waals surface area contributed by atoms with Crippen molar-refractivity contribution in [1.29, 1.82) is 0 Å². The second-order valence-corrected chi connectivity index (χ2v) is 30.8. The highest BCUT2D eigenvalue weighted by atomic mass is 33.7. The summed E-state index contributed by atoms with van der Waals surface area (Å²) >= 11 is 4.48. The van der Waals surface area contributed by atoms with Gasteiger partial charge in [0.15, 0.2) is 0 Å². The number of hydrogen-bond donors (Lipinski definition) is 0. The highest BCUT2D eigenvalue weighted by molar-refractivity contribution is 9.26. The van der Waals surface area contributed by atoms with Gasteiger partial charge >= 0.3 is 0 Å². The average Bonchev–Trinajstić information content (AvgIpc) is 2.42. The fourth-order valence-corrected chi connectivity index (χ4v) is 30.4. The van der Waals surface area contributed by atoms with Crippen LogP contribution in [0.25, 0.3) is 0 Å². The molecule has 0 aliphatic rings. The van der Waals surface area contributed by atoms with Gasteiger partial charge < -0.3 is 0 Å². The molecule has 0 saturated heterocycles. The molecule has 0 amide bonds. The number of rotatable bonds is 13. The summed E-state index contributed by atoms with van der Waals surface area (Å²) in [5.74, 6) is 2.55. The lowest BCUT2D eigenvalue weighted by Crippen LogP contribution is -2.35.